The average Bonchev–Trinajstić information content (AvgIpc) is 3.04. The van der Waals surface area contributed by atoms with Crippen LogP contribution in [-0.4, -0.2) is 20.7 Å². The Kier molecular flexibility index (Phi) is 4.59. The molecule has 0 aliphatic carbocycles. The molecular formula is C14H22N4. The molecule has 2 aromatic rings. The van der Waals surface area contributed by atoms with E-state index in [1.807, 2.05) is 18.7 Å². The summed E-state index contributed by atoms with van der Waals surface area (Å²) in [7, 11) is 0. The largest absolute Gasteiger partial charge is 0.352 e. The van der Waals surface area contributed by atoms with E-state index in [0.29, 0.717) is 6.04 Å². The van der Waals surface area contributed by atoms with Crippen molar-refractivity contribution >= 4 is 0 Å². The first-order chi connectivity index (χ1) is 8.79. The van der Waals surface area contributed by atoms with E-state index >= 15 is 0 Å². The second-order valence-corrected chi connectivity index (χ2v) is 4.66. The van der Waals surface area contributed by atoms with Crippen LogP contribution in [0.4, 0.5) is 0 Å². The van der Waals surface area contributed by atoms with E-state index in [1.165, 1.54) is 12.0 Å². The molecule has 0 saturated carbocycles. The van der Waals surface area contributed by atoms with Crippen molar-refractivity contribution in [1.29, 1.82) is 0 Å². The number of aryl methyl sites for hydroxylation is 2. The first kappa shape index (κ1) is 12.9. The van der Waals surface area contributed by atoms with Gasteiger partial charge in [-0.2, -0.15) is 0 Å². The maximum absolute atomic E-state index is 4.05. The Labute approximate surface area is 109 Å². The van der Waals surface area contributed by atoms with Crippen LogP contribution in [0.3, 0.4) is 0 Å². The fourth-order valence-electron chi connectivity index (χ4n) is 1.98. The number of hydrogen-bond donors (Lipinski definition) is 1. The Morgan fingerprint density at radius 2 is 2.11 bits per heavy atom. The molecule has 0 fully saturated rings. The van der Waals surface area contributed by atoms with E-state index in [4.69, 9.17) is 0 Å². The van der Waals surface area contributed by atoms with E-state index < -0.39 is 0 Å². The molecule has 18 heavy (non-hydrogen) atoms. The first-order valence-electron chi connectivity index (χ1n) is 6.64. The van der Waals surface area contributed by atoms with Crippen molar-refractivity contribution in [2.45, 2.75) is 39.4 Å². The van der Waals surface area contributed by atoms with Gasteiger partial charge in [0.15, 0.2) is 0 Å². The number of aromatic nitrogens is 3. The van der Waals surface area contributed by atoms with E-state index in [0.717, 1.165) is 19.6 Å². The molecule has 1 unspecified atom stereocenters. The van der Waals surface area contributed by atoms with E-state index in [-0.39, 0.29) is 0 Å². The fraction of sp³-hybridized carbons (Fsp3) is 0.500. The topological polar surface area (TPSA) is 34.8 Å². The molecule has 4 nitrogen and oxygen atoms in total. The van der Waals surface area contributed by atoms with Gasteiger partial charge in [0.25, 0.3) is 0 Å². The molecule has 1 atom stereocenters. The molecule has 2 heterocycles. The van der Waals surface area contributed by atoms with Crippen molar-refractivity contribution in [3.8, 4) is 0 Å². The monoisotopic (exact) mass is 246 g/mol. The lowest BCUT2D eigenvalue weighted by atomic mass is 10.2. The third-order valence-corrected chi connectivity index (χ3v) is 3.15. The van der Waals surface area contributed by atoms with E-state index in [9.17, 15) is 0 Å². The van der Waals surface area contributed by atoms with Crippen molar-refractivity contribution in [2.75, 3.05) is 6.54 Å². The van der Waals surface area contributed by atoms with E-state index in [1.54, 1.807) is 0 Å². The Balaban J connectivity index is 1.85. The SMILES string of the molecule is CCCNC(C)c1ccn(CCn2ccnc2)c1. The van der Waals surface area contributed by atoms with Gasteiger partial charge in [0.05, 0.1) is 6.33 Å². The highest BCUT2D eigenvalue weighted by Crippen LogP contribution is 2.12. The highest BCUT2D eigenvalue weighted by Gasteiger charge is 2.05. The molecule has 0 amide bonds. The molecule has 0 radical (unpaired) electrons. The molecule has 0 aliphatic heterocycles. The third kappa shape index (κ3) is 3.47. The van der Waals surface area contributed by atoms with Crippen LogP contribution in [0.1, 0.15) is 31.9 Å². The van der Waals surface area contributed by atoms with Crippen molar-refractivity contribution < 1.29 is 0 Å². The maximum atomic E-state index is 4.05. The zero-order chi connectivity index (χ0) is 12.8. The van der Waals surface area contributed by atoms with Gasteiger partial charge in [0.1, 0.15) is 0 Å². The minimum atomic E-state index is 0.430. The van der Waals surface area contributed by atoms with Gasteiger partial charge in [-0.25, -0.2) is 4.98 Å². The number of hydrogen-bond acceptors (Lipinski definition) is 2. The molecule has 0 bridgehead atoms. The number of rotatable bonds is 7. The van der Waals surface area contributed by atoms with Gasteiger partial charge >= 0.3 is 0 Å². The summed E-state index contributed by atoms with van der Waals surface area (Å²) in [5.74, 6) is 0. The summed E-state index contributed by atoms with van der Waals surface area (Å²) in [4.78, 5) is 4.05. The zero-order valence-corrected chi connectivity index (χ0v) is 11.2. The molecule has 1 N–H and O–H groups in total. The predicted octanol–water partition coefficient (Wildman–Crippen LogP) is 2.45. The summed E-state index contributed by atoms with van der Waals surface area (Å²) in [5.41, 5.74) is 1.36. The van der Waals surface area contributed by atoms with Crippen LogP contribution in [0.25, 0.3) is 0 Å². The zero-order valence-electron chi connectivity index (χ0n) is 11.2. The standard InChI is InChI=1S/C14H22N4/c1-3-5-16-13(2)14-4-7-17(11-14)9-10-18-8-6-15-12-18/h4,6-8,11-13,16H,3,5,9-10H2,1-2H3. The smallest absolute Gasteiger partial charge is 0.0946 e. The summed E-state index contributed by atoms with van der Waals surface area (Å²) in [6.45, 7) is 7.42. The lowest BCUT2D eigenvalue weighted by Crippen LogP contribution is -2.18. The Bertz CT molecular complexity index is 444. The quantitative estimate of drug-likeness (QED) is 0.814. The van der Waals surface area contributed by atoms with Gasteiger partial charge in [0, 0.05) is 43.9 Å². The normalized spacial score (nSPS) is 12.8. The molecule has 0 spiro atoms. The second kappa shape index (κ2) is 6.40. The molecule has 0 aliphatic rings. The van der Waals surface area contributed by atoms with Crippen LogP contribution < -0.4 is 5.32 Å². The van der Waals surface area contributed by atoms with Gasteiger partial charge in [-0.3, -0.25) is 0 Å². The molecule has 0 aromatic carbocycles. The van der Waals surface area contributed by atoms with Crippen molar-refractivity contribution in [3.05, 3.63) is 42.7 Å². The Morgan fingerprint density at radius 1 is 1.28 bits per heavy atom. The van der Waals surface area contributed by atoms with Crippen LogP contribution in [0, 0.1) is 0 Å². The second-order valence-electron chi connectivity index (χ2n) is 4.66. The maximum Gasteiger partial charge on any atom is 0.0946 e. The molecule has 0 saturated heterocycles. The van der Waals surface area contributed by atoms with Crippen molar-refractivity contribution in [3.63, 3.8) is 0 Å². The van der Waals surface area contributed by atoms with Gasteiger partial charge in [-0.15, -0.1) is 0 Å². The molecular weight excluding hydrogens is 224 g/mol. The average molecular weight is 246 g/mol. The van der Waals surface area contributed by atoms with Crippen LogP contribution in [-0.2, 0) is 13.1 Å². The van der Waals surface area contributed by atoms with Crippen LogP contribution >= 0.6 is 0 Å². The third-order valence-electron chi connectivity index (χ3n) is 3.15. The summed E-state index contributed by atoms with van der Waals surface area (Å²) in [6, 6.07) is 2.63. The fourth-order valence-corrected chi connectivity index (χ4v) is 1.98. The first-order valence-corrected chi connectivity index (χ1v) is 6.64. The summed E-state index contributed by atoms with van der Waals surface area (Å²) in [5, 5.41) is 3.50. The lowest BCUT2D eigenvalue weighted by Gasteiger charge is -2.11. The van der Waals surface area contributed by atoms with Crippen molar-refractivity contribution in [1.82, 2.24) is 19.4 Å². The van der Waals surface area contributed by atoms with Crippen LogP contribution in [0.2, 0.25) is 0 Å². The summed E-state index contributed by atoms with van der Waals surface area (Å²) < 4.78 is 4.33. The minimum Gasteiger partial charge on any atom is -0.352 e. The highest BCUT2D eigenvalue weighted by molar-refractivity contribution is 5.14. The molecule has 4 heteroatoms. The number of imidazole rings is 1. The number of nitrogens with zero attached hydrogens (tertiary/aromatic N) is 3. The minimum absolute atomic E-state index is 0.430. The predicted molar refractivity (Wildman–Crippen MR) is 73.4 cm³/mol. The molecule has 2 rings (SSSR count). The number of nitrogens with one attached hydrogen (secondary N) is 1. The molecule has 2 aromatic heterocycles. The van der Waals surface area contributed by atoms with Crippen molar-refractivity contribution in [2.24, 2.45) is 0 Å². The Hall–Kier alpha value is -1.55. The van der Waals surface area contributed by atoms with Crippen LogP contribution in [0.5, 0.6) is 0 Å². The van der Waals surface area contributed by atoms with Crippen LogP contribution in [0.15, 0.2) is 37.2 Å². The molecule has 98 valence electrons. The lowest BCUT2D eigenvalue weighted by molar-refractivity contribution is 0.559. The Morgan fingerprint density at radius 3 is 2.83 bits per heavy atom. The summed E-state index contributed by atoms with van der Waals surface area (Å²) >= 11 is 0. The van der Waals surface area contributed by atoms with Gasteiger partial charge in [0.2, 0.25) is 0 Å². The van der Waals surface area contributed by atoms with Gasteiger partial charge < -0.3 is 14.5 Å². The van der Waals surface area contributed by atoms with E-state index in [2.05, 4.69) is 51.7 Å². The summed E-state index contributed by atoms with van der Waals surface area (Å²) in [6.07, 6.45) is 11.2. The van der Waals surface area contributed by atoms with Gasteiger partial charge in [-0.05, 0) is 31.5 Å². The van der Waals surface area contributed by atoms with Gasteiger partial charge in [-0.1, -0.05) is 6.92 Å². The highest BCUT2D eigenvalue weighted by atomic mass is 15.1.